The average Bonchev–Trinajstić information content (AvgIpc) is 2.68. The van der Waals surface area contributed by atoms with Crippen LogP contribution in [0.25, 0.3) is 10.9 Å². The van der Waals surface area contributed by atoms with E-state index in [1.807, 2.05) is 11.8 Å². The smallest absolute Gasteiger partial charge is 0.224 e. The van der Waals surface area contributed by atoms with Crippen LogP contribution in [-0.2, 0) is 11.2 Å². The van der Waals surface area contributed by atoms with Crippen LogP contribution in [0.4, 0.5) is 5.82 Å². The number of rotatable bonds is 6. The van der Waals surface area contributed by atoms with Crippen molar-refractivity contribution in [2.24, 2.45) is 0 Å². The molecule has 1 amide bonds. The highest BCUT2D eigenvalue weighted by molar-refractivity contribution is 6.38. The number of likely N-dealkylation sites (N-methyl/N-ethyl adjacent to an activating group) is 1. The van der Waals surface area contributed by atoms with Gasteiger partial charge in [-0.2, -0.15) is 0 Å². The van der Waals surface area contributed by atoms with Gasteiger partial charge in [-0.25, -0.2) is 9.97 Å². The molecule has 0 saturated carbocycles. The fraction of sp³-hybridized carbons (Fsp3) is 0.526. The minimum Gasteiger partial charge on any atom is -0.369 e. The molecule has 1 saturated heterocycles. The number of anilines is 1. The molecule has 2 aromatic rings. The molecule has 0 spiro atoms. The number of aryl methyl sites for hydroxylation is 1. The summed E-state index contributed by atoms with van der Waals surface area (Å²) in [5.41, 5.74) is 0.678. The topological polar surface area (TPSA) is 61.4 Å². The molecule has 6 nitrogen and oxygen atoms in total. The first-order chi connectivity index (χ1) is 13.0. The van der Waals surface area contributed by atoms with Crippen LogP contribution in [0.1, 0.15) is 26.1 Å². The predicted octanol–water partition coefficient (Wildman–Crippen LogP) is 3.47. The zero-order chi connectivity index (χ0) is 19.4. The summed E-state index contributed by atoms with van der Waals surface area (Å²) in [4.78, 5) is 25.8. The molecular formula is C19H25Cl2N5O. The van der Waals surface area contributed by atoms with Gasteiger partial charge in [0.1, 0.15) is 11.6 Å². The maximum absolute atomic E-state index is 12.5. The summed E-state index contributed by atoms with van der Waals surface area (Å²) in [6, 6.07) is 3.48. The van der Waals surface area contributed by atoms with Gasteiger partial charge in [0.25, 0.3) is 0 Å². The number of piperazine rings is 1. The fourth-order valence-corrected chi connectivity index (χ4v) is 3.79. The number of aromatic nitrogens is 2. The Hall–Kier alpha value is -1.63. The number of amides is 1. The molecule has 0 aliphatic carbocycles. The van der Waals surface area contributed by atoms with Gasteiger partial charge in [0.05, 0.1) is 10.5 Å². The van der Waals surface area contributed by atoms with Crippen molar-refractivity contribution in [2.45, 2.75) is 26.7 Å². The number of hydrogen-bond donors (Lipinski definition) is 1. The Morgan fingerprint density at radius 3 is 2.56 bits per heavy atom. The van der Waals surface area contributed by atoms with Crippen LogP contribution in [0, 0.1) is 0 Å². The first-order valence-electron chi connectivity index (χ1n) is 9.41. The lowest BCUT2D eigenvalue weighted by Gasteiger charge is -2.34. The molecule has 1 N–H and O–H groups in total. The summed E-state index contributed by atoms with van der Waals surface area (Å²) >= 11 is 12.5. The van der Waals surface area contributed by atoms with Crippen LogP contribution < -0.4 is 5.32 Å². The summed E-state index contributed by atoms with van der Waals surface area (Å²) in [5.74, 6) is 1.55. The van der Waals surface area contributed by atoms with Gasteiger partial charge in [0.2, 0.25) is 5.91 Å². The molecule has 8 heteroatoms. The second-order valence-electron chi connectivity index (χ2n) is 6.62. The summed E-state index contributed by atoms with van der Waals surface area (Å²) in [5, 5.41) is 5.09. The van der Waals surface area contributed by atoms with Gasteiger partial charge in [0, 0.05) is 56.0 Å². The molecule has 0 radical (unpaired) electrons. The van der Waals surface area contributed by atoms with Crippen molar-refractivity contribution in [1.82, 2.24) is 19.8 Å². The number of halogens is 2. The summed E-state index contributed by atoms with van der Waals surface area (Å²) < 4.78 is 0. The number of fused-ring (bicyclic) bond motifs is 1. The SMILES string of the molecule is CCc1nc(NCCC(=O)N2CCN(CC)CC2)c2cc(Cl)cc(Cl)c2n1. The van der Waals surface area contributed by atoms with E-state index >= 15 is 0 Å². The summed E-state index contributed by atoms with van der Waals surface area (Å²) in [6.07, 6.45) is 1.12. The Kier molecular flexibility index (Phi) is 6.73. The third-order valence-electron chi connectivity index (χ3n) is 4.88. The highest BCUT2D eigenvalue weighted by atomic mass is 35.5. The first-order valence-corrected chi connectivity index (χ1v) is 10.2. The van der Waals surface area contributed by atoms with Gasteiger partial charge >= 0.3 is 0 Å². The summed E-state index contributed by atoms with van der Waals surface area (Å²) in [7, 11) is 0. The third-order valence-corrected chi connectivity index (χ3v) is 5.39. The average molecular weight is 410 g/mol. The van der Waals surface area contributed by atoms with E-state index in [4.69, 9.17) is 23.2 Å². The van der Waals surface area contributed by atoms with Crippen LogP contribution in [0.3, 0.4) is 0 Å². The minimum absolute atomic E-state index is 0.170. The first kappa shape index (κ1) is 20.1. The second kappa shape index (κ2) is 9.04. The molecule has 1 aromatic heterocycles. The number of nitrogens with one attached hydrogen (secondary N) is 1. The number of benzene rings is 1. The fourth-order valence-electron chi connectivity index (χ4n) is 3.26. The standard InChI is InChI=1S/C19H25Cl2N5O/c1-3-16-23-18-14(11-13(20)12-15(18)21)19(24-16)22-6-5-17(27)26-9-7-25(4-2)8-10-26/h11-12H,3-10H2,1-2H3,(H,22,23,24). The van der Waals surface area contributed by atoms with Crippen molar-refractivity contribution in [3.05, 3.63) is 28.0 Å². The van der Waals surface area contributed by atoms with Crippen molar-refractivity contribution in [3.63, 3.8) is 0 Å². The molecule has 3 rings (SSSR count). The van der Waals surface area contributed by atoms with Gasteiger partial charge in [0.15, 0.2) is 0 Å². The molecule has 1 aromatic carbocycles. The Morgan fingerprint density at radius 2 is 1.89 bits per heavy atom. The second-order valence-corrected chi connectivity index (χ2v) is 7.46. The van der Waals surface area contributed by atoms with Gasteiger partial charge in [-0.1, -0.05) is 37.0 Å². The molecule has 0 unspecified atom stereocenters. The molecule has 1 aliphatic rings. The maximum Gasteiger partial charge on any atom is 0.224 e. The largest absolute Gasteiger partial charge is 0.369 e. The van der Waals surface area contributed by atoms with Crippen LogP contribution in [0.2, 0.25) is 10.0 Å². The third kappa shape index (κ3) is 4.81. The molecule has 146 valence electrons. The Balaban J connectivity index is 1.67. The predicted molar refractivity (Wildman–Crippen MR) is 111 cm³/mol. The molecule has 1 fully saturated rings. The highest BCUT2D eigenvalue weighted by Crippen LogP contribution is 2.30. The Bertz CT molecular complexity index is 821. The molecular weight excluding hydrogens is 385 g/mol. The van der Waals surface area contributed by atoms with E-state index in [2.05, 4.69) is 27.1 Å². The van der Waals surface area contributed by atoms with Gasteiger partial charge < -0.3 is 15.1 Å². The van der Waals surface area contributed by atoms with E-state index < -0.39 is 0 Å². The normalized spacial score (nSPS) is 15.3. The zero-order valence-electron chi connectivity index (χ0n) is 15.8. The quantitative estimate of drug-likeness (QED) is 0.791. The Labute approximate surface area is 169 Å². The number of carbonyl (C=O) groups excluding carboxylic acids is 1. The van der Waals surface area contributed by atoms with E-state index in [1.165, 1.54) is 0 Å². The van der Waals surface area contributed by atoms with E-state index in [9.17, 15) is 4.79 Å². The molecule has 27 heavy (non-hydrogen) atoms. The lowest BCUT2D eigenvalue weighted by atomic mass is 10.2. The van der Waals surface area contributed by atoms with Gasteiger partial charge in [-0.05, 0) is 18.7 Å². The number of nitrogens with zero attached hydrogens (tertiary/aromatic N) is 4. The van der Waals surface area contributed by atoms with E-state index in [0.29, 0.717) is 46.6 Å². The van der Waals surface area contributed by atoms with Crippen molar-refractivity contribution in [1.29, 1.82) is 0 Å². The number of hydrogen-bond acceptors (Lipinski definition) is 5. The van der Waals surface area contributed by atoms with Crippen LogP contribution >= 0.6 is 23.2 Å². The molecule has 1 aliphatic heterocycles. The van der Waals surface area contributed by atoms with Crippen molar-refractivity contribution < 1.29 is 4.79 Å². The van der Waals surface area contributed by atoms with Crippen molar-refractivity contribution in [2.75, 3.05) is 44.6 Å². The monoisotopic (exact) mass is 409 g/mol. The van der Waals surface area contributed by atoms with E-state index in [1.54, 1.807) is 12.1 Å². The van der Waals surface area contributed by atoms with Gasteiger partial charge in [-0.15, -0.1) is 0 Å². The van der Waals surface area contributed by atoms with E-state index in [-0.39, 0.29) is 5.91 Å². The van der Waals surface area contributed by atoms with E-state index in [0.717, 1.165) is 38.1 Å². The lowest BCUT2D eigenvalue weighted by molar-refractivity contribution is -0.132. The number of carbonyl (C=O) groups is 1. The minimum atomic E-state index is 0.170. The molecule has 2 heterocycles. The zero-order valence-corrected chi connectivity index (χ0v) is 17.3. The van der Waals surface area contributed by atoms with Crippen LogP contribution in [0.15, 0.2) is 12.1 Å². The Morgan fingerprint density at radius 1 is 1.15 bits per heavy atom. The van der Waals surface area contributed by atoms with Crippen molar-refractivity contribution in [3.8, 4) is 0 Å². The van der Waals surface area contributed by atoms with Crippen LogP contribution in [0.5, 0.6) is 0 Å². The summed E-state index contributed by atoms with van der Waals surface area (Å²) in [6.45, 7) is 9.18. The van der Waals surface area contributed by atoms with Crippen LogP contribution in [-0.4, -0.2) is 64.9 Å². The van der Waals surface area contributed by atoms with Crippen molar-refractivity contribution >= 4 is 45.8 Å². The lowest BCUT2D eigenvalue weighted by Crippen LogP contribution is -2.48. The molecule has 0 atom stereocenters. The highest BCUT2D eigenvalue weighted by Gasteiger charge is 2.20. The van der Waals surface area contributed by atoms with Gasteiger partial charge in [-0.3, -0.25) is 4.79 Å². The molecule has 0 bridgehead atoms. The maximum atomic E-state index is 12.5.